The second-order valence-electron chi connectivity index (χ2n) is 17.1. The molecule has 1 spiro atoms. The lowest BCUT2D eigenvalue weighted by atomic mass is 9.76. The highest BCUT2D eigenvalue weighted by molar-refractivity contribution is 6.32. The Morgan fingerprint density at radius 1 is 0.881 bits per heavy atom. The first-order valence-electron chi connectivity index (χ1n) is 20.8. The van der Waals surface area contributed by atoms with Crippen molar-refractivity contribution in [1.82, 2.24) is 30.0 Å². The normalized spacial score (nSPS) is 24.2. The number of carbonyl (C=O) groups is 4. The third-order valence-electron chi connectivity index (χ3n) is 13.7. The Labute approximate surface area is 347 Å². The van der Waals surface area contributed by atoms with Gasteiger partial charge in [0, 0.05) is 83.1 Å². The molecule has 0 bridgehead atoms. The topological polar surface area (TPSA) is 149 Å². The van der Waals surface area contributed by atoms with Crippen LogP contribution in [0, 0.1) is 22.6 Å². The average molecular weight is 823 g/mol. The van der Waals surface area contributed by atoms with Crippen LogP contribution in [0.15, 0.2) is 42.7 Å². The molecule has 9 rings (SSSR count). The number of nitrogens with zero attached hydrogens (tertiary/aromatic N) is 9. The van der Waals surface area contributed by atoms with Gasteiger partial charge in [-0.05, 0) is 81.2 Å². The zero-order valence-corrected chi connectivity index (χ0v) is 34.0. The largest absolute Gasteiger partial charge is 0.369 e. The summed E-state index contributed by atoms with van der Waals surface area (Å²) in [6, 6.07) is 10.2. The Morgan fingerprint density at radius 3 is 2.24 bits per heavy atom. The Morgan fingerprint density at radius 2 is 1.58 bits per heavy atom. The van der Waals surface area contributed by atoms with Crippen molar-refractivity contribution in [2.45, 2.75) is 76.5 Å². The quantitative estimate of drug-likeness (QED) is 0.341. The van der Waals surface area contributed by atoms with Crippen LogP contribution in [0.3, 0.4) is 0 Å². The summed E-state index contributed by atoms with van der Waals surface area (Å²) in [6.07, 6.45) is 9.39. The van der Waals surface area contributed by atoms with Crippen molar-refractivity contribution in [3.05, 3.63) is 76.1 Å². The van der Waals surface area contributed by atoms with Gasteiger partial charge in [-0.1, -0.05) is 11.6 Å². The van der Waals surface area contributed by atoms with E-state index in [1.54, 1.807) is 0 Å². The maximum Gasteiger partial charge on any atom is 0.262 e. The number of halogens is 2. The molecule has 1 aromatic heterocycles. The van der Waals surface area contributed by atoms with E-state index in [0.29, 0.717) is 42.3 Å². The molecular weight excluding hydrogens is 775 g/mol. The Kier molecular flexibility index (Phi) is 10.5. The molecule has 1 unspecified atom stereocenters. The first kappa shape index (κ1) is 39.3. The smallest absolute Gasteiger partial charge is 0.262 e. The maximum absolute atomic E-state index is 15.5. The van der Waals surface area contributed by atoms with E-state index < -0.39 is 35.5 Å². The molecule has 308 valence electrons. The number of nitriles is 1. The third kappa shape index (κ3) is 7.51. The highest BCUT2D eigenvalue weighted by atomic mass is 35.5. The minimum absolute atomic E-state index is 0.0248. The second kappa shape index (κ2) is 15.8. The van der Waals surface area contributed by atoms with Crippen LogP contribution in [0.5, 0.6) is 0 Å². The predicted molar refractivity (Wildman–Crippen MR) is 219 cm³/mol. The van der Waals surface area contributed by atoms with Crippen molar-refractivity contribution in [2.75, 3.05) is 73.6 Å². The monoisotopic (exact) mass is 822 g/mol. The van der Waals surface area contributed by atoms with Crippen molar-refractivity contribution in [1.29, 1.82) is 5.26 Å². The zero-order valence-electron chi connectivity index (χ0n) is 33.2. The van der Waals surface area contributed by atoms with Crippen molar-refractivity contribution in [2.24, 2.45) is 5.41 Å². The van der Waals surface area contributed by atoms with Crippen LogP contribution >= 0.6 is 11.6 Å². The molecule has 5 fully saturated rings. The number of amides is 4. The summed E-state index contributed by atoms with van der Waals surface area (Å²) < 4.78 is 15.5. The average Bonchev–Trinajstić information content (AvgIpc) is 3.68. The highest BCUT2D eigenvalue weighted by Crippen LogP contribution is 2.46. The van der Waals surface area contributed by atoms with Gasteiger partial charge in [0.25, 0.3) is 11.8 Å². The zero-order chi connectivity index (χ0) is 41.0. The van der Waals surface area contributed by atoms with Gasteiger partial charge >= 0.3 is 0 Å². The number of benzene rings is 2. The maximum atomic E-state index is 15.5. The van der Waals surface area contributed by atoms with Crippen LogP contribution in [-0.4, -0.2) is 125 Å². The lowest BCUT2D eigenvalue weighted by Gasteiger charge is -2.43. The molecule has 7 heterocycles. The predicted octanol–water partition coefficient (Wildman–Crippen LogP) is 4.21. The first-order chi connectivity index (χ1) is 28.5. The summed E-state index contributed by atoms with van der Waals surface area (Å²) in [5, 5.41) is 12.0. The summed E-state index contributed by atoms with van der Waals surface area (Å²) in [7, 11) is 0. The Hall–Kier alpha value is -5.17. The molecular formula is C43H48ClFN10O4. The van der Waals surface area contributed by atoms with E-state index in [1.807, 2.05) is 35.5 Å². The molecule has 0 radical (unpaired) electrons. The Bertz CT molecular complexity index is 2210. The Balaban J connectivity index is 0.730. The molecule has 6 aliphatic rings. The van der Waals surface area contributed by atoms with Crippen molar-refractivity contribution >= 4 is 52.3 Å². The number of carbonyl (C=O) groups excluding carboxylic acids is 4. The number of aromatic nitrogens is 2. The molecule has 14 nitrogen and oxygen atoms in total. The summed E-state index contributed by atoms with van der Waals surface area (Å²) in [4.78, 5) is 72.6. The molecule has 16 heteroatoms. The third-order valence-corrected chi connectivity index (χ3v) is 14.0. The van der Waals surface area contributed by atoms with Gasteiger partial charge in [0.1, 0.15) is 23.8 Å². The molecule has 2 aromatic carbocycles. The standard InChI is InChI=1S/C43H48ClFN10O4/c1-27-21-43(26-54(27)30-3-2-28(22-46)34(44)18-30)8-12-51(13-9-43)31-23-47-38(48-24-31)25-50-10-6-29(7-11-50)52-14-16-53(17-15-52)37-20-33-32(19-35(37)45)41(58)55(42(33)59)36-4-5-39(56)49-40(36)57/h2-3,18-20,23-24,27,29,36H,4-17,21,25-26H2,1H3,(H,49,56,57)/t27-,36?/m0/s1. The molecule has 3 aromatic rings. The lowest BCUT2D eigenvalue weighted by Crippen LogP contribution is -2.54. The van der Waals surface area contributed by atoms with Gasteiger partial charge in [-0.3, -0.25) is 39.2 Å². The summed E-state index contributed by atoms with van der Waals surface area (Å²) in [5.41, 5.74) is 3.23. The van der Waals surface area contributed by atoms with Gasteiger partial charge in [0.05, 0.1) is 52.0 Å². The number of fused-ring (bicyclic) bond motifs is 1. The molecule has 5 saturated heterocycles. The number of hydrogen-bond donors (Lipinski definition) is 1. The number of hydrogen-bond acceptors (Lipinski definition) is 12. The first-order valence-corrected chi connectivity index (χ1v) is 21.2. The number of nitrogens with one attached hydrogen (secondary N) is 1. The van der Waals surface area contributed by atoms with E-state index in [9.17, 15) is 24.4 Å². The second-order valence-corrected chi connectivity index (χ2v) is 17.5. The number of anilines is 3. The van der Waals surface area contributed by atoms with Crippen molar-refractivity contribution in [3.8, 4) is 6.07 Å². The van der Waals surface area contributed by atoms with Crippen LogP contribution in [0.2, 0.25) is 5.02 Å². The number of piperazine rings is 1. The molecule has 1 N–H and O–H groups in total. The SMILES string of the molecule is C[C@H]1CC2(CCN(c3cnc(CN4CCC(N5CCN(c6cc7c(cc6F)C(=O)N(C6CCC(=O)NC6=O)C7=O)CC5)CC4)nc3)CC2)CN1c1ccc(C#N)c(Cl)c1. The van der Waals surface area contributed by atoms with Gasteiger partial charge in [-0.15, -0.1) is 0 Å². The highest BCUT2D eigenvalue weighted by Gasteiger charge is 2.46. The van der Waals surface area contributed by atoms with Crippen LogP contribution in [0.1, 0.15) is 84.0 Å². The van der Waals surface area contributed by atoms with Crippen LogP contribution in [-0.2, 0) is 16.1 Å². The minimum atomic E-state index is -1.09. The van der Waals surface area contributed by atoms with Crippen molar-refractivity contribution in [3.63, 3.8) is 0 Å². The van der Waals surface area contributed by atoms with E-state index >= 15 is 4.39 Å². The molecule has 6 aliphatic heterocycles. The minimum Gasteiger partial charge on any atom is -0.369 e. The fourth-order valence-electron chi connectivity index (χ4n) is 10.3. The summed E-state index contributed by atoms with van der Waals surface area (Å²) >= 11 is 6.38. The fraction of sp³-hybridized carbons (Fsp3) is 0.512. The van der Waals surface area contributed by atoms with E-state index in [4.69, 9.17) is 21.6 Å². The molecule has 2 atom stereocenters. The van der Waals surface area contributed by atoms with Crippen LogP contribution in [0.25, 0.3) is 0 Å². The van der Waals surface area contributed by atoms with E-state index in [2.05, 4.69) is 37.9 Å². The molecule has 0 aliphatic carbocycles. The molecule has 4 amide bonds. The summed E-state index contributed by atoms with van der Waals surface area (Å²) in [5.74, 6) is -2.23. The van der Waals surface area contributed by atoms with E-state index in [1.165, 1.54) is 6.07 Å². The van der Waals surface area contributed by atoms with Crippen molar-refractivity contribution < 1.29 is 23.6 Å². The van der Waals surface area contributed by atoms with Gasteiger partial charge < -0.3 is 14.7 Å². The summed E-state index contributed by atoms with van der Waals surface area (Å²) in [6.45, 7) is 10.5. The molecule has 0 saturated carbocycles. The van der Waals surface area contributed by atoms with Gasteiger partial charge in [-0.2, -0.15) is 5.26 Å². The molecule has 59 heavy (non-hydrogen) atoms. The van der Waals surface area contributed by atoms with Gasteiger partial charge in [0.15, 0.2) is 0 Å². The number of rotatable bonds is 7. The number of likely N-dealkylation sites (tertiary alicyclic amines) is 1. The lowest BCUT2D eigenvalue weighted by molar-refractivity contribution is -0.136. The van der Waals surface area contributed by atoms with Gasteiger partial charge in [-0.25, -0.2) is 14.4 Å². The number of piperidine rings is 3. The van der Waals surface area contributed by atoms with Gasteiger partial charge in [0.2, 0.25) is 11.8 Å². The van der Waals surface area contributed by atoms with E-state index in [-0.39, 0.29) is 35.1 Å². The number of imide groups is 2. The van der Waals surface area contributed by atoms with E-state index in [0.717, 1.165) is 106 Å². The van der Waals surface area contributed by atoms with Crippen LogP contribution < -0.4 is 20.0 Å². The fourth-order valence-corrected chi connectivity index (χ4v) is 10.5. The van der Waals surface area contributed by atoms with Crippen LogP contribution in [0.4, 0.5) is 21.5 Å².